The first kappa shape index (κ1) is 24.5. The van der Waals surface area contributed by atoms with E-state index in [-0.39, 0.29) is 29.2 Å². The van der Waals surface area contributed by atoms with E-state index in [4.69, 9.17) is 4.74 Å². The zero-order valence-corrected chi connectivity index (χ0v) is 20.1. The number of nitrogens with one attached hydrogen (secondary N) is 1. The van der Waals surface area contributed by atoms with Crippen LogP contribution in [0.1, 0.15) is 46.0 Å². The van der Waals surface area contributed by atoms with Gasteiger partial charge in [0.05, 0.1) is 17.9 Å². The van der Waals surface area contributed by atoms with Crippen molar-refractivity contribution in [3.05, 3.63) is 24.3 Å². The molecular formula is C23H35N3O5S. The van der Waals surface area contributed by atoms with Gasteiger partial charge in [-0.2, -0.15) is 4.31 Å². The Morgan fingerprint density at radius 1 is 1.12 bits per heavy atom. The molecule has 0 bridgehead atoms. The predicted molar refractivity (Wildman–Crippen MR) is 122 cm³/mol. The van der Waals surface area contributed by atoms with Crippen LogP contribution in [0.15, 0.2) is 29.2 Å². The third-order valence-corrected chi connectivity index (χ3v) is 8.53. The van der Waals surface area contributed by atoms with Crippen molar-refractivity contribution >= 4 is 21.8 Å². The van der Waals surface area contributed by atoms with E-state index in [1.165, 1.54) is 23.5 Å². The molecule has 2 saturated heterocycles. The normalized spacial score (nSPS) is 21.7. The topological polar surface area (TPSA) is 96.0 Å². The van der Waals surface area contributed by atoms with Gasteiger partial charge in [0.25, 0.3) is 0 Å². The van der Waals surface area contributed by atoms with Crippen molar-refractivity contribution in [3.8, 4) is 5.75 Å². The standard InChI is InChI=1S/C23H35N3O5S/c1-4-17(2)21(23(28)25-13-5-6-14-25)24-22(27)18-8-7-15-26(16-18)32(29,30)20-11-9-19(31-3)10-12-20/h9-12,17-18,21H,4-8,13-16H2,1-3H3,(H,24,27)/t17-,18+,21+/m0/s1. The molecule has 32 heavy (non-hydrogen) atoms. The molecule has 0 aromatic heterocycles. The molecule has 0 aliphatic carbocycles. The molecule has 1 aromatic rings. The lowest BCUT2D eigenvalue weighted by molar-refractivity contribution is -0.138. The van der Waals surface area contributed by atoms with Gasteiger partial charge >= 0.3 is 0 Å². The highest BCUT2D eigenvalue weighted by atomic mass is 32.2. The van der Waals surface area contributed by atoms with Gasteiger partial charge in [-0.1, -0.05) is 20.3 Å². The number of carbonyl (C=O) groups excluding carboxylic acids is 2. The second-order valence-electron chi connectivity index (χ2n) is 8.78. The number of nitrogens with zero attached hydrogens (tertiary/aromatic N) is 2. The average molecular weight is 466 g/mol. The van der Waals surface area contributed by atoms with Crippen LogP contribution >= 0.6 is 0 Å². The second-order valence-corrected chi connectivity index (χ2v) is 10.7. The summed E-state index contributed by atoms with van der Waals surface area (Å²) >= 11 is 0. The fraction of sp³-hybridized carbons (Fsp3) is 0.652. The Kier molecular flexibility index (Phi) is 8.16. The van der Waals surface area contributed by atoms with Gasteiger partial charge in [-0.25, -0.2) is 8.42 Å². The summed E-state index contributed by atoms with van der Waals surface area (Å²) < 4.78 is 32.7. The van der Waals surface area contributed by atoms with Gasteiger partial charge in [-0.15, -0.1) is 0 Å². The molecule has 1 aromatic carbocycles. The first-order chi connectivity index (χ1) is 15.3. The molecule has 3 atom stereocenters. The van der Waals surface area contributed by atoms with Crippen molar-refractivity contribution in [2.45, 2.75) is 56.9 Å². The fourth-order valence-corrected chi connectivity index (χ4v) is 5.88. The summed E-state index contributed by atoms with van der Waals surface area (Å²) in [7, 11) is -2.18. The van der Waals surface area contributed by atoms with Crippen molar-refractivity contribution in [1.82, 2.24) is 14.5 Å². The number of carbonyl (C=O) groups is 2. The van der Waals surface area contributed by atoms with Gasteiger partial charge < -0.3 is 15.0 Å². The van der Waals surface area contributed by atoms with Crippen LogP contribution in [-0.2, 0) is 19.6 Å². The van der Waals surface area contributed by atoms with Crippen LogP contribution in [-0.4, -0.2) is 68.8 Å². The molecule has 8 nitrogen and oxygen atoms in total. The van der Waals surface area contributed by atoms with Crippen molar-refractivity contribution in [1.29, 1.82) is 0 Å². The number of sulfonamides is 1. The number of benzene rings is 1. The second kappa shape index (κ2) is 10.7. The highest BCUT2D eigenvalue weighted by Crippen LogP contribution is 2.26. The van der Waals surface area contributed by atoms with E-state index in [1.54, 1.807) is 12.1 Å². The third kappa shape index (κ3) is 5.43. The van der Waals surface area contributed by atoms with Crippen LogP contribution in [0, 0.1) is 11.8 Å². The lowest BCUT2D eigenvalue weighted by Gasteiger charge is -2.33. The summed E-state index contributed by atoms with van der Waals surface area (Å²) in [6.07, 6.45) is 3.96. The van der Waals surface area contributed by atoms with Crippen molar-refractivity contribution in [2.75, 3.05) is 33.3 Å². The largest absolute Gasteiger partial charge is 0.497 e. The molecule has 2 aliphatic rings. The molecule has 3 rings (SSSR count). The highest BCUT2D eigenvalue weighted by molar-refractivity contribution is 7.89. The number of rotatable bonds is 8. The third-order valence-electron chi connectivity index (χ3n) is 6.65. The van der Waals surface area contributed by atoms with E-state index in [2.05, 4.69) is 5.32 Å². The maximum absolute atomic E-state index is 13.1. The van der Waals surface area contributed by atoms with Crippen LogP contribution in [0.2, 0.25) is 0 Å². The van der Waals surface area contributed by atoms with Crippen LogP contribution < -0.4 is 10.1 Å². The van der Waals surface area contributed by atoms with Crippen molar-refractivity contribution in [3.63, 3.8) is 0 Å². The van der Waals surface area contributed by atoms with E-state index in [0.717, 1.165) is 32.4 Å². The smallest absolute Gasteiger partial charge is 0.245 e. The van der Waals surface area contributed by atoms with Crippen LogP contribution in [0.5, 0.6) is 5.75 Å². The number of piperidine rings is 1. The quantitative estimate of drug-likeness (QED) is 0.635. The molecule has 2 aliphatic heterocycles. The molecule has 2 heterocycles. The number of ether oxygens (including phenoxy) is 1. The Bertz CT molecular complexity index is 897. The molecule has 0 saturated carbocycles. The van der Waals surface area contributed by atoms with Crippen molar-refractivity contribution in [2.24, 2.45) is 11.8 Å². The average Bonchev–Trinajstić information content (AvgIpc) is 3.36. The minimum Gasteiger partial charge on any atom is -0.497 e. The van der Waals surface area contributed by atoms with Gasteiger partial charge in [-0.3, -0.25) is 9.59 Å². The number of amides is 2. The van der Waals surface area contributed by atoms with Gasteiger partial charge in [0.1, 0.15) is 11.8 Å². The molecular weight excluding hydrogens is 430 g/mol. The van der Waals surface area contributed by atoms with E-state index in [9.17, 15) is 18.0 Å². The lowest BCUT2D eigenvalue weighted by Crippen LogP contribution is -2.54. The zero-order chi connectivity index (χ0) is 23.3. The van der Waals surface area contributed by atoms with Gasteiger partial charge in [0.15, 0.2) is 0 Å². The molecule has 0 spiro atoms. The number of hydrogen-bond acceptors (Lipinski definition) is 5. The Morgan fingerprint density at radius 3 is 2.38 bits per heavy atom. The molecule has 178 valence electrons. The van der Waals surface area contributed by atoms with Crippen LogP contribution in [0.25, 0.3) is 0 Å². The summed E-state index contributed by atoms with van der Waals surface area (Å²) in [5, 5.41) is 2.97. The van der Waals surface area contributed by atoms with Gasteiger partial charge in [0.2, 0.25) is 21.8 Å². The fourth-order valence-electron chi connectivity index (χ4n) is 4.36. The Morgan fingerprint density at radius 2 is 1.78 bits per heavy atom. The van der Waals surface area contributed by atoms with E-state index in [0.29, 0.717) is 25.1 Å². The Hall–Kier alpha value is -2.13. The first-order valence-electron chi connectivity index (χ1n) is 11.5. The Balaban J connectivity index is 1.69. The molecule has 0 unspecified atom stereocenters. The molecule has 1 N–H and O–H groups in total. The monoisotopic (exact) mass is 465 g/mol. The van der Waals surface area contributed by atoms with E-state index >= 15 is 0 Å². The summed E-state index contributed by atoms with van der Waals surface area (Å²) in [6, 6.07) is 5.69. The van der Waals surface area contributed by atoms with E-state index in [1.807, 2.05) is 18.7 Å². The van der Waals surface area contributed by atoms with Crippen LogP contribution in [0.3, 0.4) is 0 Å². The molecule has 2 fully saturated rings. The maximum atomic E-state index is 13.1. The van der Waals surface area contributed by atoms with Crippen molar-refractivity contribution < 1.29 is 22.7 Å². The molecule has 9 heteroatoms. The van der Waals surface area contributed by atoms with Gasteiger partial charge in [-0.05, 0) is 55.9 Å². The first-order valence-corrected chi connectivity index (χ1v) is 12.9. The van der Waals surface area contributed by atoms with E-state index < -0.39 is 22.0 Å². The highest BCUT2D eigenvalue weighted by Gasteiger charge is 2.37. The molecule has 2 amide bonds. The van der Waals surface area contributed by atoms with Crippen LogP contribution in [0.4, 0.5) is 0 Å². The SMILES string of the molecule is CC[C@H](C)[C@@H](NC(=O)[C@@H]1CCCN(S(=O)(=O)c2ccc(OC)cc2)C1)C(=O)N1CCCC1. The summed E-state index contributed by atoms with van der Waals surface area (Å²) in [5.74, 6) is -0.149. The van der Waals surface area contributed by atoms with Gasteiger partial charge in [0, 0.05) is 26.2 Å². The summed E-state index contributed by atoms with van der Waals surface area (Å²) in [4.78, 5) is 28.2. The molecule has 0 radical (unpaired) electrons. The number of methoxy groups -OCH3 is 1. The number of hydrogen-bond donors (Lipinski definition) is 1. The number of likely N-dealkylation sites (tertiary alicyclic amines) is 1. The zero-order valence-electron chi connectivity index (χ0n) is 19.2. The minimum atomic E-state index is -3.71. The minimum absolute atomic E-state index is 0.00905. The summed E-state index contributed by atoms with van der Waals surface area (Å²) in [6.45, 7) is 5.94. The maximum Gasteiger partial charge on any atom is 0.245 e. The summed E-state index contributed by atoms with van der Waals surface area (Å²) in [5.41, 5.74) is 0. The lowest BCUT2D eigenvalue weighted by atomic mass is 9.94. The predicted octanol–water partition coefficient (Wildman–Crippen LogP) is 2.25. The Labute approximate surface area is 191 Å².